The zero-order valence-corrected chi connectivity index (χ0v) is 16.9. The first kappa shape index (κ1) is 21.0. The van der Waals surface area contributed by atoms with Crippen molar-refractivity contribution in [3.8, 4) is 11.5 Å². The molecule has 0 unspecified atom stereocenters. The quantitative estimate of drug-likeness (QED) is 0.304. The molecule has 156 valence electrons. The van der Waals surface area contributed by atoms with Crippen LogP contribution in [0.4, 0.5) is 0 Å². The Morgan fingerprint density at radius 3 is 2.80 bits per heavy atom. The third-order valence-corrected chi connectivity index (χ3v) is 4.31. The SMILES string of the molecule is CCCCOc1ccc(/C=C/C(=O)OCn2nnc3ccccc3c2=O)cc1OC. The van der Waals surface area contributed by atoms with Crippen LogP contribution < -0.4 is 15.0 Å². The normalized spacial score (nSPS) is 11.0. The van der Waals surface area contributed by atoms with E-state index in [2.05, 4.69) is 17.2 Å². The Morgan fingerprint density at radius 2 is 2.00 bits per heavy atom. The van der Waals surface area contributed by atoms with Gasteiger partial charge in [0.05, 0.1) is 19.1 Å². The van der Waals surface area contributed by atoms with Gasteiger partial charge in [0.25, 0.3) is 5.56 Å². The van der Waals surface area contributed by atoms with Crippen molar-refractivity contribution in [3.63, 3.8) is 0 Å². The molecule has 8 heteroatoms. The highest BCUT2D eigenvalue weighted by Crippen LogP contribution is 2.28. The molecule has 0 saturated heterocycles. The van der Waals surface area contributed by atoms with Gasteiger partial charge in [-0.2, -0.15) is 4.68 Å². The number of unbranched alkanes of at least 4 members (excludes halogenated alkanes) is 1. The van der Waals surface area contributed by atoms with Crippen molar-refractivity contribution in [2.75, 3.05) is 13.7 Å². The first-order chi connectivity index (χ1) is 14.6. The minimum atomic E-state index is -0.612. The third-order valence-electron chi connectivity index (χ3n) is 4.31. The number of rotatable bonds is 9. The summed E-state index contributed by atoms with van der Waals surface area (Å²) in [5.74, 6) is 0.624. The summed E-state index contributed by atoms with van der Waals surface area (Å²) in [4.78, 5) is 24.4. The van der Waals surface area contributed by atoms with Gasteiger partial charge in [0, 0.05) is 6.08 Å². The molecule has 0 fully saturated rings. The first-order valence-electron chi connectivity index (χ1n) is 9.60. The maximum absolute atomic E-state index is 12.3. The number of hydrogen-bond acceptors (Lipinski definition) is 7. The molecule has 0 aliphatic heterocycles. The van der Waals surface area contributed by atoms with Crippen molar-refractivity contribution in [2.24, 2.45) is 0 Å². The maximum Gasteiger partial charge on any atom is 0.332 e. The fraction of sp³-hybridized carbons (Fsp3) is 0.273. The Hall–Kier alpha value is -3.68. The zero-order valence-electron chi connectivity index (χ0n) is 16.9. The molecule has 30 heavy (non-hydrogen) atoms. The molecule has 0 spiro atoms. The van der Waals surface area contributed by atoms with Crippen molar-refractivity contribution < 1.29 is 19.0 Å². The van der Waals surface area contributed by atoms with Crippen LogP contribution in [0.15, 0.2) is 53.3 Å². The Balaban J connectivity index is 1.62. The molecule has 0 aliphatic carbocycles. The van der Waals surface area contributed by atoms with E-state index in [-0.39, 0.29) is 12.3 Å². The largest absolute Gasteiger partial charge is 0.493 e. The lowest BCUT2D eigenvalue weighted by Crippen LogP contribution is -2.26. The molecule has 0 radical (unpaired) electrons. The van der Waals surface area contributed by atoms with E-state index in [1.807, 2.05) is 6.07 Å². The summed E-state index contributed by atoms with van der Waals surface area (Å²) in [6.45, 7) is 2.38. The number of benzene rings is 2. The zero-order chi connectivity index (χ0) is 21.3. The molecule has 0 saturated carbocycles. The van der Waals surface area contributed by atoms with Crippen molar-refractivity contribution in [1.29, 1.82) is 0 Å². The predicted molar refractivity (Wildman–Crippen MR) is 112 cm³/mol. The monoisotopic (exact) mass is 409 g/mol. The summed E-state index contributed by atoms with van der Waals surface area (Å²) in [5.41, 5.74) is 0.858. The van der Waals surface area contributed by atoms with Gasteiger partial charge in [-0.15, -0.1) is 5.10 Å². The van der Waals surface area contributed by atoms with Crippen molar-refractivity contribution >= 4 is 22.9 Å². The first-order valence-corrected chi connectivity index (χ1v) is 9.60. The molecule has 0 atom stereocenters. The summed E-state index contributed by atoms with van der Waals surface area (Å²) < 4.78 is 17.1. The lowest BCUT2D eigenvalue weighted by molar-refractivity contribution is -0.141. The van der Waals surface area contributed by atoms with Gasteiger partial charge < -0.3 is 14.2 Å². The van der Waals surface area contributed by atoms with Gasteiger partial charge in [-0.1, -0.05) is 36.8 Å². The fourth-order valence-electron chi connectivity index (χ4n) is 2.68. The van der Waals surface area contributed by atoms with Crippen LogP contribution in [0.25, 0.3) is 17.0 Å². The molecule has 2 aromatic carbocycles. The standard InChI is InChI=1S/C22H23N3O5/c1-3-4-13-29-19-11-9-16(14-20(19)28-2)10-12-21(26)30-15-25-22(27)17-7-5-6-8-18(17)23-24-25/h5-12,14H,3-4,13,15H2,1-2H3/b12-10+. The molecule has 0 N–H and O–H groups in total. The third kappa shape index (κ3) is 5.22. The van der Waals surface area contributed by atoms with Gasteiger partial charge in [0.2, 0.25) is 0 Å². The van der Waals surface area contributed by atoms with E-state index in [1.54, 1.807) is 49.6 Å². The van der Waals surface area contributed by atoms with Crippen LogP contribution in [0.2, 0.25) is 0 Å². The van der Waals surface area contributed by atoms with Crippen LogP contribution in [-0.2, 0) is 16.3 Å². The molecule has 1 heterocycles. The van der Waals surface area contributed by atoms with Gasteiger partial charge in [-0.05, 0) is 42.3 Å². The van der Waals surface area contributed by atoms with Gasteiger partial charge in [-0.3, -0.25) is 4.79 Å². The van der Waals surface area contributed by atoms with E-state index in [9.17, 15) is 9.59 Å². The molecule has 3 aromatic rings. The lowest BCUT2D eigenvalue weighted by Gasteiger charge is -2.10. The fourth-order valence-corrected chi connectivity index (χ4v) is 2.68. The van der Waals surface area contributed by atoms with Crippen LogP contribution >= 0.6 is 0 Å². The van der Waals surface area contributed by atoms with Gasteiger partial charge in [0.15, 0.2) is 18.2 Å². The molecule has 0 bridgehead atoms. The van der Waals surface area contributed by atoms with E-state index >= 15 is 0 Å². The summed E-state index contributed by atoms with van der Waals surface area (Å²) in [5, 5.41) is 8.14. The molecule has 0 aliphatic rings. The highest BCUT2D eigenvalue weighted by molar-refractivity contribution is 5.87. The number of hydrogen-bond donors (Lipinski definition) is 0. The van der Waals surface area contributed by atoms with Gasteiger partial charge in [0.1, 0.15) is 5.52 Å². The number of methoxy groups -OCH3 is 1. The molecule has 3 rings (SSSR count). The predicted octanol–water partition coefficient (Wildman–Crippen LogP) is 3.19. The van der Waals surface area contributed by atoms with E-state index in [1.165, 1.54) is 6.08 Å². The lowest BCUT2D eigenvalue weighted by atomic mass is 10.2. The number of nitrogens with zero attached hydrogens (tertiary/aromatic N) is 3. The van der Waals surface area contributed by atoms with Gasteiger partial charge in [-0.25, -0.2) is 4.79 Å². The molecular formula is C22H23N3O5. The van der Waals surface area contributed by atoms with Crippen LogP contribution in [0.1, 0.15) is 25.3 Å². The average Bonchev–Trinajstić information content (AvgIpc) is 2.78. The maximum atomic E-state index is 12.3. The summed E-state index contributed by atoms with van der Waals surface area (Å²) in [7, 11) is 1.56. The van der Waals surface area contributed by atoms with Crippen molar-refractivity contribution in [1.82, 2.24) is 15.0 Å². The van der Waals surface area contributed by atoms with E-state index in [0.29, 0.717) is 29.0 Å². The van der Waals surface area contributed by atoms with Crippen LogP contribution in [0.3, 0.4) is 0 Å². The molecule has 1 aromatic heterocycles. The Bertz CT molecular complexity index is 1110. The van der Waals surface area contributed by atoms with E-state index in [0.717, 1.165) is 23.1 Å². The smallest absolute Gasteiger partial charge is 0.332 e. The Labute approximate surface area is 173 Å². The molecule has 8 nitrogen and oxygen atoms in total. The number of esters is 1. The number of carbonyl (C=O) groups is 1. The second-order valence-corrected chi connectivity index (χ2v) is 6.45. The highest BCUT2D eigenvalue weighted by atomic mass is 16.5. The number of aromatic nitrogens is 3. The topological polar surface area (TPSA) is 92.5 Å². The van der Waals surface area contributed by atoms with Crippen LogP contribution in [0.5, 0.6) is 11.5 Å². The van der Waals surface area contributed by atoms with E-state index < -0.39 is 5.97 Å². The number of ether oxygens (including phenoxy) is 3. The second-order valence-electron chi connectivity index (χ2n) is 6.45. The Kier molecular flexibility index (Phi) is 7.15. The van der Waals surface area contributed by atoms with Gasteiger partial charge >= 0.3 is 5.97 Å². The second kappa shape index (κ2) is 10.2. The number of carbonyl (C=O) groups excluding carboxylic acids is 1. The average molecular weight is 409 g/mol. The highest BCUT2D eigenvalue weighted by Gasteiger charge is 2.07. The summed E-state index contributed by atoms with van der Waals surface area (Å²) in [6.07, 6.45) is 4.87. The van der Waals surface area contributed by atoms with Crippen molar-refractivity contribution in [2.45, 2.75) is 26.5 Å². The summed E-state index contributed by atoms with van der Waals surface area (Å²) in [6, 6.07) is 12.2. The minimum absolute atomic E-state index is 0.326. The van der Waals surface area contributed by atoms with Crippen LogP contribution in [0, 0.1) is 0 Å². The van der Waals surface area contributed by atoms with E-state index in [4.69, 9.17) is 14.2 Å². The molecular weight excluding hydrogens is 386 g/mol. The number of fused-ring (bicyclic) bond motifs is 1. The Morgan fingerprint density at radius 1 is 1.17 bits per heavy atom. The minimum Gasteiger partial charge on any atom is -0.493 e. The van der Waals surface area contributed by atoms with Crippen molar-refractivity contribution in [3.05, 3.63) is 64.5 Å². The summed E-state index contributed by atoms with van der Waals surface area (Å²) >= 11 is 0. The van der Waals surface area contributed by atoms with Crippen LogP contribution in [-0.4, -0.2) is 34.7 Å². The molecule has 0 amide bonds.